The minimum atomic E-state index is -0.350. The molecule has 1 atom stereocenters. The van der Waals surface area contributed by atoms with Gasteiger partial charge in [-0.05, 0) is 31.0 Å². The molecule has 3 rings (SSSR count). The van der Waals surface area contributed by atoms with E-state index < -0.39 is 0 Å². The number of nitrogens with zero attached hydrogens (tertiary/aromatic N) is 1. The topological polar surface area (TPSA) is 75.4 Å². The van der Waals surface area contributed by atoms with Crippen molar-refractivity contribution in [3.63, 3.8) is 0 Å². The molecule has 2 aromatic carbocycles. The summed E-state index contributed by atoms with van der Waals surface area (Å²) in [5.41, 5.74) is 8.26. The summed E-state index contributed by atoms with van der Waals surface area (Å²) < 4.78 is 0. The van der Waals surface area contributed by atoms with Gasteiger partial charge in [0.25, 0.3) is 0 Å². The molecule has 1 fully saturated rings. The maximum atomic E-state index is 12.5. The van der Waals surface area contributed by atoms with Crippen molar-refractivity contribution in [1.82, 2.24) is 4.90 Å². The largest absolute Gasteiger partial charge is 0.368 e. The van der Waals surface area contributed by atoms with Crippen LogP contribution in [-0.2, 0) is 9.59 Å². The number of nitrogens with two attached hydrogens (primary N) is 1. The Labute approximate surface area is 147 Å². The number of amides is 2. The van der Waals surface area contributed by atoms with Crippen LogP contribution < -0.4 is 11.1 Å². The van der Waals surface area contributed by atoms with Crippen LogP contribution in [0.3, 0.4) is 0 Å². The number of carbonyl (C=O) groups excluding carboxylic acids is 2. The molecule has 3 N–H and O–H groups in total. The van der Waals surface area contributed by atoms with Crippen LogP contribution in [0, 0.1) is 0 Å². The quantitative estimate of drug-likeness (QED) is 0.881. The lowest BCUT2D eigenvalue weighted by atomic mass is 10.0. The van der Waals surface area contributed by atoms with E-state index in [4.69, 9.17) is 5.73 Å². The van der Waals surface area contributed by atoms with E-state index in [9.17, 15) is 9.59 Å². The average Bonchev–Trinajstić information content (AvgIpc) is 2.63. The van der Waals surface area contributed by atoms with Crippen molar-refractivity contribution in [1.29, 1.82) is 0 Å². The van der Waals surface area contributed by atoms with E-state index in [0.29, 0.717) is 0 Å². The van der Waals surface area contributed by atoms with Gasteiger partial charge in [0.05, 0.1) is 12.6 Å². The van der Waals surface area contributed by atoms with E-state index >= 15 is 0 Å². The zero-order chi connectivity index (χ0) is 17.6. The first-order chi connectivity index (χ1) is 12.1. The van der Waals surface area contributed by atoms with E-state index in [1.807, 2.05) is 59.5 Å². The van der Waals surface area contributed by atoms with Crippen molar-refractivity contribution in [2.45, 2.75) is 25.3 Å². The monoisotopic (exact) mass is 337 g/mol. The van der Waals surface area contributed by atoms with Crippen molar-refractivity contribution in [3.05, 3.63) is 54.6 Å². The fourth-order valence-corrected chi connectivity index (χ4v) is 3.34. The summed E-state index contributed by atoms with van der Waals surface area (Å²) in [6.07, 6.45) is 2.68. The molecule has 0 aromatic heterocycles. The van der Waals surface area contributed by atoms with Crippen molar-refractivity contribution < 1.29 is 9.59 Å². The van der Waals surface area contributed by atoms with Crippen molar-refractivity contribution in [3.8, 4) is 11.1 Å². The number of piperidine rings is 1. The van der Waals surface area contributed by atoms with Crippen LogP contribution in [0.25, 0.3) is 11.1 Å². The molecule has 130 valence electrons. The van der Waals surface area contributed by atoms with Gasteiger partial charge in [0, 0.05) is 11.3 Å². The third-order valence-corrected chi connectivity index (χ3v) is 4.57. The van der Waals surface area contributed by atoms with Gasteiger partial charge in [-0.2, -0.15) is 0 Å². The lowest BCUT2D eigenvalue weighted by Gasteiger charge is -2.32. The Bertz CT molecular complexity index is 746. The normalized spacial score (nSPS) is 17.8. The Morgan fingerprint density at radius 1 is 1.04 bits per heavy atom. The Morgan fingerprint density at radius 2 is 1.76 bits per heavy atom. The molecule has 0 bridgehead atoms. The van der Waals surface area contributed by atoms with Crippen LogP contribution in [0.4, 0.5) is 5.69 Å². The van der Waals surface area contributed by atoms with Gasteiger partial charge >= 0.3 is 0 Å². The molecule has 5 nitrogen and oxygen atoms in total. The Kier molecular flexibility index (Phi) is 5.46. The number of carbonyl (C=O) groups is 2. The first-order valence-corrected chi connectivity index (χ1v) is 8.63. The smallest absolute Gasteiger partial charge is 0.238 e. The standard InChI is InChI=1S/C20H23N3O2/c21-20(25)18-12-6-7-13-23(18)14-19(24)22-17-11-5-4-10-16(17)15-8-2-1-3-9-15/h1-5,8-11,18H,6-7,12-14H2,(H2,21,25)(H,22,24). The number of para-hydroxylation sites is 1. The first kappa shape index (κ1) is 17.2. The molecular formula is C20H23N3O2. The second kappa shape index (κ2) is 7.94. The maximum Gasteiger partial charge on any atom is 0.238 e. The van der Waals surface area contributed by atoms with Crippen LogP contribution in [-0.4, -0.2) is 35.8 Å². The van der Waals surface area contributed by atoms with E-state index in [0.717, 1.165) is 42.6 Å². The molecule has 0 saturated carbocycles. The third-order valence-electron chi connectivity index (χ3n) is 4.57. The molecular weight excluding hydrogens is 314 g/mol. The highest BCUT2D eigenvalue weighted by molar-refractivity contribution is 5.97. The van der Waals surface area contributed by atoms with Crippen LogP contribution in [0.2, 0.25) is 0 Å². The molecule has 1 heterocycles. The lowest BCUT2D eigenvalue weighted by Crippen LogP contribution is -2.50. The highest BCUT2D eigenvalue weighted by Crippen LogP contribution is 2.27. The molecule has 1 aliphatic heterocycles. The van der Waals surface area contributed by atoms with Gasteiger partial charge in [0.2, 0.25) is 11.8 Å². The van der Waals surface area contributed by atoms with Crippen molar-refractivity contribution in [2.75, 3.05) is 18.4 Å². The average molecular weight is 337 g/mol. The van der Waals surface area contributed by atoms with E-state index in [1.54, 1.807) is 0 Å². The second-order valence-electron chi connectivity index (χ2n) is 6.34. The minimum absolute atomic E-state index is 0.128. The number of nitrogens with one attached hydrogen (secondary N) is 1. The molecule has 25 heavy (non-hydrogen) atoms. The summed E-state index contributed by atoms with van der Waals surface area (Å²) >= 11 is 0. The SMILES string of the molecule is NC(=O)C1CCCCN1CC(=O)Nc1ccccc1-c1ccccc1. The third kappa shape index (κ3) is 4.25. The fourth-order valence-electron chi connectivity index (χ4n) is 3.34. The van der Waals surface area contributed by atoms with E-state index in [2.05, 4.69) is 5.32 Å². The van der Waals surface area contributed by atoms with Gasteiger partial charge in [0.1, 0.15) is 0 Å². The molecule has 0 spiro atoms. The number of primary amides is 1. The molecule has 1 unspecified atom stereocenters. The zero-order valence-electron chi connectivity index (χ0n) is 14.2. The van der Waals surface area contributed by atoms with Gasteiger partial charge in [0.15, 0.2) is 0 Å². The summed E-state index contributed by atoms with van der Waals surface area (Å²) in [7, 11) is 0. The highest BCUT2D eigenvalue weighted by atomic mass is 16.2. The van der Waals surface area contributed by atoms with Crippen LogP contribution in [0.5, 0.6) is 0 Å². The summed E-state index contributed by atoms with van der Waals surface area (Å²) in [4.78, 5) is 26.0. The first-order valence-electron chi connectivity index (χ1n) is 8.63. The summed E-state index contributed by atoms with van der Waals surface area (Å²) in [5, 5.41) is 2.98. The van der Waals surface area contributed by atoms with Crippen molar-refractivity contribution >= 4 is 17.5 Å². The number of likely N-dealkylation sites (tertiary alicyclic amines) is 1. The Morgan fingerprint density at radius 3 is 2.52 bits per heavy atom. The molecule has 5 heteroatoms. The number of hydrogen-bond acceptors (Lipinski definition) is 3. The number of hydrogen-bond donors (Lipinski definition) is 2. The van der Waals surface area contributed by atoms with E-state index in [1.165, 1.54) is 0 Å². The van der Waals surface area contributed by atoms with Gasteiger partial charge in [-0.15, -0.1) is 0 Å². The number of rotatable bonds is 5. The molecule has 2 amide bonds. The maximum absolute atomic E-state index is 12.5. The number of benzene rings is 2. The van der Waals surface area contributed by atoms with Gasteiger partial charge in [-0.1, -0.05) is 55.0 Å². The second-order valence-corrected chi connectivity index (χ2v) is 6.34. The van der Waals surface area contributed by atoms with E-state index in [-0.39, 0.29) is 24.4 Å². The lowest BCUT2D eigenvalue weighted by molar-refractivity contribution is -0.126. The minimum Gasteiger partial charge on any atom is -0.368 e. The fraction of sp³-hybridized carbons (Fsp3) is 0.300. The highest BCUT2D eigenvalue weighted by Gasteiger charge is 2.28. The Hall–Kier alpha value is -2.66. The molecule has 1 saturated heterocycles. The summed E-state index contributed by atoms with van der Waals surface area (Å²) in [6, 6.07) is 17.3. The van der Waals surface area contributed by atoms with Gasteiger partial charge < -0.3 is 11.1 Å². The van der Waals surface area contributed by atoms with Gasteiger partial charge in [-0.3, -0.25) is 14.5 Å². The molecule has 0 radical (unpaired) electrons. The zero-order valence-corrected chi connectivity index (χ0v) is 14.2. The summed E-state index contributed by atoms with van der Waals surface area (Å²) in [5.74, 6) is -0.478. The molecule has 0 aliphatic carbocycles. The molecule has 1 aliphatic rings. The summed E-state index contributed by atoms with van der Waals surface area (Å²) in [6.45, 7) is 0.901. The van der Waals surface area contributed by atoms with Crippen molar-refractivity contribution in [2.24, 2.45) is 5.73 Å². The van der Waals surface area contributed by atoms with Crippen LogP contribution >= 0.6 is 0 Å². The number of anilines is 1. The van der Waals surface area contributed by atoms with Gasteiger partial charge in [-0.25, -0.2) is 0 Å². The predicted molar refractivity (Wildman–Crippen MR) is 98.9 cm³/mol. The molecule has 2 aromatic rings. The predicted octanol–water partition coefficient (Wildman–Crippen LogP) is 2.63. The van der Waals surface area contributed by atoms with Crippen LogP contribution in [0.15, 0.2) is 54.6 Å². The Balaban J connectivity index is 1.72. The van der Waals surface area contributed by atoms with Crippen LogP contribution in [0.1, 0.15) is 19.3 Å².